The molecule has 3 heterocycles. The van der Waals surface area contributed by atoms with Crippen LogP contribution in [0.15, 0.2) is 57.2 Å². The fraction of sp³-hybridized carbons (Fsp3) is 0.481. The highest BCUT2D eigenvalue weighted by Gasteiger charge is 2.28. The monoisotopic (exact) mass is 447 g/mol. The highest BCUT2D eigenvalue weighted by molar-refractivity contribution is 7.99. The van der Waals surface area contributed by atoms with Gasteiger partial charge in [0.15, 0.2) is 0 Å². The number of piperidine rings is 2. The van der Waals surface area contributed by atoms with Gasteiger partial charge in [-0.25, -0.2) is 0 Å². The summed E-state index contributed by atoms with van der Waals surface area (Å²) in [4.78, 5) is 25.5. The lowest BCUT2D eigenvalue weighted by molar-refractivity contribution is 0.0590. The number of carbonyl (C=O) groups is 1. The van der Waals surface area contributed by atoms with E-state index >= 15 is 0 Å². The van der Waals surface area contributed by atoms with E-state index in [1.807, 2.05) is 12.1 Å². The van der Waals surface area contributed by atoms with Crippen LogP contribution < -0.4 is 0 Å². The van der Waals surface area contributed by atoms with Gasteiger partial charge in [-0.2, -0.15) is 0 Å². The van der Waals surface area contributed by atoms with Gasteiger partial charge in [0, 0.05) is 45.8 Å². The first-order chi connectivity index (χ1) is 15.7. The van der Waals surface area contributed by atoms with Gasteiger partial charge in [0.1, 0.15) is 0 Å². The van der Waals surface area contributed by atoms with Crippen LogP contribution in [0.4, 0.5) is 5.69 Å². The van der Waals surface area contributed by atoms with E-state index in [0.717, 1.165) is 60.6 Å². The minimum atomic E-state index is 0.156. The number of aliphatic imine (C=N–C) groups is 1. The summed E-state index contributed by atoms with van der Waals surface area (Å²) in [5, 5.41) is 0. The number of hydrogen-bond acceptors (Lipinski definition) is 4. The first-order valence-corrected chi connectivity index (χ1v) is 13.1. The van der Waals surface area contributed by atoms with Crippen molar-refractivity contribution in [1.82, 2.24) is 9.80 Å². The third-order valence-corrected chi connectivity index (χ3v) is 8.17. The molecule has 3 aliphatic heterocycles. The van der Waals surface area contributed by atoms with Crippen LogP contribution in [-0.2, 0) is 0 Å². The van der Waals surface area contributed by atoms with E-state index in [9.17, 15) is 4.79 Å². The Morgan fingerprint density at radius 3 is 2.56 bits per heavy atom. The molecule has 4 nitrogen and oxygen atoms in total. The van der Waals surface area contributed by atoms with Crippen molar-refractivity contribution in [2.45, 2.75) is 67.7 Å². The van der Waals surface area contributed by atoms with Crippen LogP contribution in [-0.4, -0.2) is 53.6 Å². The highest BCUT2D eigenvalue weighted by Crippen LogP contribution is 2.41. The van der Waals surface area contributed by atoms with Crippen LogP contribution in [0.25, 0.3) is 0 Å². The number of rotatable bonds is 4. The molecule has 5 rings (SSSR count). The van der Waals surface area contributed by atoms with Crippen molar-refractivity contribution in [3.63, 3.8) is 0 Å². The Bertz CT molecular complexity index is 1000. The third-order valence-electron chi connectivity index (χ3n) is 7.02. The molecule has 0 atom stereocenters. The second kappa shape index (κ2) is 9.80. The maximum absolute atomic E-state index is 13.3. The largest absolute Gasteiger partial charge is 0.339 e. The first kappa shape index (κ1) is 21.7. The van der Waals surface area contributed by atoms with E-state index in [0.29, 0.717) is 6.04 Å². The molecule has 5 heteroatoms. The normalized spacial score (nSPS) is 19.7. The molecular formula is C27H33N3OS. The maximum Gasteiger partial charge on any atom is 0.253 e. The summed E-state index contributed by atoms with van der Waals surface area (Å²) in [6, 6.07) is 15.3. The van der Waals surface area contributed by atoms with Crippen LogP contribution in [0, 0.1) is 0 Å². The van der Waals surface area contributed by atoms with Gasteiger partial charge in [0.05, 0.1) is 5.69 Å². The molecule has 0 spiro atoms. The zero-order chi connectivity index (χ0) is 21.9. The summed E-state index contributed by atoms with van der Waals surface area (Å²) in [6.07, 6.45) is 8.23. The van der Waals surface area contributed by atoms with Crippen molar-refractivity contribution >= 4 is 29.1 Å². The lowest BCUT2D eigenvalue weighted by Crippen LogP contribution is -2.48. The van der Waals surface area contributed by atoms with E-state index in [2.05, 4.69) is 47.1 Å². The van der Waals surface area contributed by atoms with Gasteiger partial charge in [0.2, 0.25) is 0 Å². The van der Waals surface area contributed by atoms with Crippen LogP contribution in [0.5, 0.6) is 0 Å². The number of amides is 1. The number of carbonyl (C=O) groups excluding carboxylic acids is 1. The smallest absolute Gasteiger partial charge is 0.253 e. The van der Waals surface area contributed by atoms with Crippen LogP contribution in [0.2, 0.25) is 0 Å². The van der Waals surface area contributed by atoms with Crippen LogP contribution in [0.1, 0.15) is 67.8 Å². The van der Waals surface area contributed by atoms with E-state index in [1.165, 1.54) is 42.8 Å². The minimum Gasteiger partial charge on any atom is -0.339 e. The number of hydrogen-bond donors (Lipinski definition) is 0. The van der Waals surface area contributed by atoms with E-state index in [4.69, 9.17) is 4.99 Å². The number of likely N-dealkylation sites (tertiary alicyclic amines) is 2. The predicted octanol–water partition coefficient (Wildman–Crippen LogP) is 6.16. The molecule has 0 aromatic heterocycles. The van der Waals surface area contributed by atoms with Crippen molar-refractivity contribution in [3.8, 4) is 0 Å². The summed E-state index contributed by atoms with van der Waals surface area (Å²) in [7, 11) is 0. The molecule has 0 N–H and O–H groups in total. The van der Waals surface area contributed by atoms with Gasteiger partial charge < -0.3 is 9.80 Å². The summed E-state index contributed by atoms with van der Waals surface area (Å²) >= 11 is 1.76. The van der Waals surface area contributed by atoms with Gasteiger partial charge in [-0.15, -0.1) is 0 Å². The molecule has 0 aliphatic carbocycles. The number of fused-ring (bicyclic) bond motifs is 2. The van der Waals surface area contributed by atoms with Crippen molar-refractivity contribution in [3.05, 3.63) is 53.6 Å². The molecule has 3 aliphatic rings. The number of benzene rings is 2. The van der Waals surface area contributed by atoms with E-state index in [-0.39, 0.29) is 5.91 Å². The molecule has 2 saturated heterocycles. The molecular weight excluding hydrogens is 414 g/mol. The average molecular weight is 448 g/mol. The molecule has 0 bridgehead atoms. The fourth-order valence-corrected chi connectivity index (χ4v) is 6.29. The lowest BCUT2D eigenvalue weighted by Gasteiger charge is -2.40. The Kier molecular flexibility index (Phi) is 6.65. The molecule has 2 fully saturated rings. The zero-order valence-electron chi connectivity index (χ0n) is 19.1. The maximum atomic E-state index is 13.3. The lowest BCUT2D eigenvalue weighted by atomic mass is 9.99. The average Bonchev–Trinajstić information content (AvgIpc) is 3.00. The van der Waals surface area contributed by atoms with Gasteiger partial charge in [-0.3, -0.25) is 9.79 Å². The van der Waals surface area contributed by atoms with E-state index < -0.39 is 0 Å². The second-order valence-electron chi connectivity index (χ2n) is 9.21. The van der Waals surface area contributed by atoms with E-state index in [1.54, 1.807) is 11.8 Å². The first-order valence-electron chi connectivity index (χ1n) is 12.2. The van der Waals surface area contributed by atoms with Gasteiger partial charge in [-0.1, -0.05) is 49.7 Å². The molecule has 0 saturated carbocycles. The Hall–Kier alpha value is -2.11. The van der Waals surface area contributed by atoms with Crippen LogP contribution in [0.3, 0.4) is 0 Å². The molecule has 2 aromatic carbocycles. The highest BCUT2D eigenvalue weighted by atomic mass is 32.2. The molecule has 0 radical (unpaired) electrons. The van der Waals surface area contributed by atoms with Crippen molar-refractivity contribution in [2.75, 3.05) is 26.2 Å². The van der Waals surface area contributed by atoms with Gasteiger partial charge in [0.25, 0.3) is 5.91 Å². The molecule has 32 heavy (non-hydrogen) atoms. The Morgan fingerprint density at radius 2 is 1.78 bits per heavy atom. The third kappa shape index (κ3) is 4.51. The Labute approximate surface area is 196 Å². The quantitative estimate of drug-likeness (QED) is 0.563. The standard InChI is InChI=1S/C27H33N3OS/c1-2-8-23-22-9-4-5-10-25(22)32-26-12-11-20(19-24(26)28-23)27(31)30-17-13-21(14-18-30)29-15-6-3-7-16-29/h4-5,9-12,19,21H,2-3,6-8,13-18H2,1H3. The Balaban J connectivity index is 1.33. The number of nitrogens with zero attached hydrogens (tertiary/aromatic N) is 3. The molecule has 1 amide bonds. The summed E-state index contributed by atoms with van der Waals surface area (Å²) in [6.45, 7) is 6.39. The van der Waals surface area contributed by atoms with Crippen LogP contribution >= 0.6 is 11.8 Å². The van der Waals surface area contributed by atoms with Crippen molar-refractivity contribution in [1.29, 1.82) is 0 Å². The summed E-state index contributed by atoms with van der Waals surface area (Å²) in [5.41, 5.74) is 4.06. The minimum absolute atomic E-state index is 0.156. The second-order valence-corrected chi connectivity index (χ2v) is 10.3. The molecule has 0 unspecified atom stereocenters. The van der Waals surface area contributed by atoms with Crippen molar-refractivity contribution < 1.29 is 4.79 Å². The summed E-state index contributed by atoms with van der Waals surface area (Å²) < 4.78 is 0. The van der Waals surface area contributed by atoms with Gasteiger partial charge in [-0.05, 0) is 69.5 Å². The summed E-state index contributed by atoms with van der Waals surface area (Å²) in [5.74, 6) is 0.156. The zero-order valence-corrected chi connectivity index (χ0v) is 19.9. The fourth-order valence-electron chi connectivity index (χ4n) is 5.27. The van der Waals surface area contributed by atoms with Crippen molar-refractivity contribution in [2.24, 2.45) is 4.99 Å². The Morgan fingerprint density at radius 1 is 1.00 bits per heavy atom. The topological polar surface area (TPSA) is 35.9 Å². The molecule has 168 valence electrons. The molecule has 2 aromatic rings. The predicted molar refractivity (Wildman–Crippen MR) is 132 cm³/mol. The van der Waals surface area contributed by atoms with Gasteiger partial charge >= 0.3 is 0 Å². The SMILES string of the molecule is CCCC1=Nc2cc(C(=O)N3CCC(N4CCCCC4)CC3)ccc2Sc2ccccc21.